The van der Waals surface area contributed by atoms with Crippen molar-refractivity contribution < 1.29 is 10.2 Å². The van der Waals surface area contributed by atoms with Crippen LogP contribution >= 0.6 is 22.9 Å². The number of piperidine rings is 1. The van der Waals surface area contributed by atoms with Crippen molar-refractivity contribution >= 4 is 33.0 Å². The highest BCUT2D eigenvalue weighted by molar-refractivity contribution is 7.19. The molecule has 1 saturated heterocycles. The Morgan fingerprint density at radius 1 is 1.09 bits per heavy atom. The summed E-state index contributed by atoms with van der Waals surface area (Å²) >= 11 is 7.74. The van der Waals surface area contributed by atoms with Crippen molar-refractivity contribution in [1.29, 1.82) is 0 Å². The Hall–Kier alpha value is -2.72. The summed E-state index contributed by atoms with van der Waals surface area (Å²) in [4.78, 5) is 7.97. The van der Waals surface area contributed by atoms with Gasteiger partial charge in [-0.3, -0.25) is 4.90 Å². The van der Waals surface area contributed by atoms with E-state index < -0.39 is 11.7 Å². The number of aliphatic hydroxyl groups is 2. The topological polar surface area (TPSA) is 56.6 Å². The quantitative estimate of drug-likeness (QED) is 0.350. The first-order valence-electron chi connectivity index (χ1n) is 11.8. The lowest BCUT2D eigenvalue weighted by molar-refractivity contribution is -0.121. The molecule has 0 aliphatic carbocycles. The van der Waals surface area contributed by atoms with Crippen LogP contribution in [0.1, 0.15) is 35.9 Å². The van der Waals surface area contributed by atoms with Crippen molar-refractivity contribution in [1.82, 2.24) is 9.88 Å². The summed E-state index contributed by atoms with van der Waals surface area (Å²) in [6, 6.07) is 20.1. The van der Waals surface area contributed by atoms with E-state index >= 15 is 0 Å². The van der Waals surface area contributed by atoms with E-state index in [0.717, 1.165) is 35.5 Å². The number of β-amino-alcohol motifs (C(OH)–C–C–N with tert-alkyl or cyclic N) is 1. The van der Waals surface area contributed by atoms with E-state index in [-0.39, 0.29) is 0 Å². The number of halogens is 1. The standard InChI is InChI=1S/C29H27ClN2O2S/c1-2-29(34)13-14-32(19-28(29)33)18-26-16-23-15-20(4-12-27(23)35-26)3-10-25-11-7-22(17-31-25)21-5-8-24(30)9-6-21/h4-9,11-12,15-17,28,33-34H,2,13-14,18-19H2,1H3/t28-,29+/m1/s1. The molecule has 178 valence electrons. The van der Waals surface area contributed by atoms with Gasteiger partial charge in [-0.05, 0) is 72.2 Å². The van der Waals surface area contributed by atoms with Crippen molar-refractivity contribution in [3.8, 4) is 23.0 Å². The number of rotatable bonds is 4. The Bertz CT molecular complexity index is 1390. The first-order valence-corrected chi connectivity index (χ1v) is 13.0. The van der Waals surface area contributed by atoms with Gasteiger partial charge in [0.2, 0.25) is 0 Å². The van der Waals surface area contributed by atoms with Gasteiger partial charge < -0.3 is 10.2 Å². The average Bonchev–Trinajstić information content (AvgIpc) is 3.27. The highest BCUT2D eigenvalue weighted by Gasteiger charge is 2.38. The Labute approximate surface area is 214 Å². The summed E-state index contributed by atoms with van der Waals surface area (Å²) in [5.41, 5.74) is 2.83. The maximum absolute atomic E-state index is 10.5. The van der Waals surface area contributed by atoms with E-state index in [1.54, 1.807) is 11.3 Å². The third-order valence-electron chi connectivity index (χ3n) is 6.75. The van der Waals surface area contributed by atoms with Crippen molar-refractivity contribution in [2.24, 2.45) is 0 Å². The second-order valence-electron chi connectivity index (χ2n) is 9.11. The van der Waals surface area contributed by atoms with Gasteiger partial charge in [-0.1, -0.05) is 42.6 Å². The van der Waals surface area contributed by atoms with Gasteiger partial charge >= 0.3 is 0 Å². The second kappa shape index (κ2) is 10.1. The molecular formula is C29H27ClN2O2S. The number of benzene rings is 2. The fraction of sp³-hybridized carbons (Fsp3) is 0.276. The lowest BCUT2D eigenvalue weighted by Crippen LogP contribution is -2.54. The van der Waals surface area contributed by atoms with Crippen LogP contribution in [0.25, 0.3) is 21.2 Å². The molecule has 4 aromatic rings. The predicted octanol–water partition coefficient (Wildman–Crippen LogP) is 5.72. The minimum atomic E-state index is -0.949. The van der Waals surface area contributed by atoms with Gasteiger partial charge in [-0.15, -0.1) is 11.3 Å². The Kier molecular flexibility index (Phi) is 6.93. The largest absolute Gasteiger partial charge is 0.389 e. The molecule has 0 spiro atoms. The first-order chi connectivity index (χ1) is 16.9. The van der Waals surface area contributed by atoms with Gasteiger partial charge in [0.25, 0.3) is 0 Å². The van der Waals surface area contributed by atoms with Gasteiger partial charge in [-0.2, -0.15) is 0 Å². The fourth-order valence-corrected chi connectivity index (χ4v) is 5.68. The van der Waals surface area contributed by atoms with Crippen LogP contribution in [-0.2, 0) is 6.54 Å². The van der Waals surface area contributed by atoms with Crippen LogP contribution in [0, 0.1) is 11.8 Å². The molecule has 1 fully saturated rings. The van der Waals surface area contributed by atoms with Crippen molar-refractivity contribution in [3.05, 3.63) is 88.0 Å². The summed E-state index contributed by atoms with van der Waals surface area (Å²) in [7, 11) is 0. The molecule has 4 nitrogen and oxygen atoms in total. The van der Waals surface area contributed by atoms with Crippen LogP contribution < -0.4 is 0 Å². The number of nitrogens with zero attached hydrogens (tertiary/aromatic N) is 2. The Morgan fingerprint density at radius 3 is 2.60 bits per heavy atom. The van der Waals surface area contributed by atoms with Crippen LogP contribution in [0.3, 0.4) is 0 Å². The number of hydrogen-bond donors (Lipinski definition) is 2. The Morgan fingerprint density at radius 2 is 1.89 bits per heavy atom. The van der Waals surface area contributed by atoms with Gasteiger partial charge in [0.05, 0.1) is 11.7 Å². The summed E-state index contributed by atoms with van der Waals surface area (Å²) in [5.74, 6) is 6.40. The zero-order valence-corrected chi connectivity index (χ0v) is 21.1. The van der Waals surface area contributed by atoms with Crippen LogP contribution in [0.2, 0.25) is 5.02 Å². The molecule has 2 N–H and O–H groups in total. The third-order valence-corrected chi connectivity index (χ3v) is 8.10. The molecule has 1 aliphatic rings. The molecule has 0 radical (unpaired) electrons. The molecule has 2 aromatic carbocycles. The molecule has 35 heavy (non-hydrogen) atoms. The van der Waals surface area contributed by atoms with Crippen LogP contribution in [0.5, 0.6) is 0 Å². The number of aliphatic hydroxyl groups excluding tert-OH is 1. The van der Waals surface area contributed by atoms with E-state index in [2.05, 4.69) is 39.9 Å². The fourth-order valence-electron chi connectivity index (χ4n) is 4.47. The Balaban J connectivity index is 1.27. The molecule has 0 bridgehead atoms. The lowest BCUT2D eigenvalue weighted by atomic mass is 9.86. The van der Waals surface area contributed by atoms with Gasteiger partial charge in [0, 0.05) is 51.6 Å². The van der Waals surface area contributed by atoms with E-state index in [0.29, 0.717) is 24.4 Å². The predicted molar refractivity (Wildman–Crippen MR) is 144 cm³/mol. The molecule has 2 atom stereocenters. The van der Waals surface area contributed by atoms with Crippen LogP contribution in [0.4, 0.5) is 0 Å². The first kappa shape index (κ1) is 24.0. The molecule has 0 saturated carbocycles. The van der Waals surface area contributed by atoms with Crippen molar-refractivity contribution in [2.45, 2.75) is 38.0 Å². The molecule has 6 heteroatoms. The summed E-state index contributed by atoms with van der Waals surface area (Å²) in [6.07, 6.45) is 2.31. The molecule has 2 aromatic heterocycles. The molecule has 5 rings (SSSR count). The maximum atomic E-state index is 10.5. The highest BCUT2D eigenvalue weighted by atomic mass is 35.5. The smallest absolute Gasteiger partial charge is 0.113 e. The van der Waals surface area contributed by atoms with E-state index in [4.69, 9.17) is 11.6 Å². The maximum Gasteiger partial charge on any atom is 0.113 e. The lowest BCUT2D eigenvalue weighted by Gasteiger charge is -2.41. The summed E-state index contributed by atoms with van der Waals surface area (Å²) < 4.78 is 1.22. The number of pyridine rings is 1. The number of likely N-dealkylation sites (tertiary alicyclic amines) is 1. The molecule has 3 heterocycles. The SMILES string of the molecule is CC[C@]1(O)CCN(Cc2cc3cc(C#Cc4ccc(-c5ccc(Cl)cc5)cn4)ccc3s2)C[C@H]1O. The van der Waals surface area contributed by atoms with Crippen molar-refractivity contribution in [2.75, 3.05) is 13.1 Å². The summed E-state index contributed by atoms with van der Waals surface area (Å²) in [6.45, 7) is 3.99. The van der Waals surface area contributed by atoms with Gasteiger partial charge in [0.1, 0.15) is 5.69 Å². The second-order valence-corrected chi connectivity index (χ2v) is 10.7. The van der Waals surface area contributed by atoms with Crippen LogP contribution in [-0.4, -0.2) is 44.9 Å². The van der Waals surface area contributed by atoms with E-state index in [1.807, 2.05) is 55.6 Å². The third kappa shape index (κ3) is 5.43. The number of fused-ring (bicyclic) bond motifs is 1. The minimum absolute atomic E-state index is 0.499. The molecule has 0 amide bonds. The number of hydrogen-bond acceptors (Lipinski definition) is 5. The van der Waals surface area contributed by atoms with Gasteiger partial charge in [0.15, 0.2) is 0 Å². The summed E-state index contributed by atoms with van der Waals surface area (Å²) in [5, 5.41) is 22.8. The normalized spacial score (nSPS) is 20.5. The van der Waals surface area contributed by atoms with Crippen LogP contribution in [0.15, 0.2) is 66.9 Å². The minimum Gasteiger partial charge on any atom is -0.389 e. The van der Waals surface area contributed by atoms with Gasteiger partial charge in [-0.25, -0.2) is 4.98 Å². The monoisotopic (exact) mass is 502 g/mol. The zero-order chi connectivity index (χ0) is 24.4. The van der Waals surface area contributed by atoms with E-state index in [1.165, 1.54) is 15.0 Å². The molecule has 1 aliphatic heterocycles. The number of aromatic nitrogens is 1. The van der Waals surface area contributed by atoms with Crippen molar-refractivity contribution in [3.63, 3.8) is 0 Å². The average molecular weight is 503 g/mol. The number of thiophene rings is 1. The molecular weight excluding hydrogens is 476 g/mol. The molecule has 0 unspecified atom stereocenters. The highest BCUT2D eigenvalue weighted by Crippen LogP contribution is 2.31. The zero-order valence-electron chi connectivity index (χ0n) is 19.5. The van der Waals surface area contributed by atoms with E-state index in [9.17, 15) is 10.2 Å².